The first-order valence-corrected chi connectivity index (χ1v) is 8.29. The van der Waals surface area contributed by atoms with Gasteiger partial charge in [-0.3, -0.25) is 4.79 Å². The SMILES string of the molecule is CCN(C(=O)c1c(C)oc2ccc(OC)cc12)[C@@H]1COC[C@@H](O)[C@H]1O. The Labute approximate surface area is 145 Å². The maximum atomic E-state index is 13.2. The summed E-state index contributed by atoms with van der Waals surface area (Å²) in [6.45, 7) is 4.16. The van der Waals surface area contributed by atoms with E-state index in [0.29, 0.717) is 34.6 Å². The number of benzene rings is 1. The van der Waals surface area contributed by atoms with Crippen LogP contribution in [0.2, 0.25) is 0 Å². The second-order valence-electron chi connectivity index (χ2n) is 6.15. The number of methoxy groups -OCH3 is 1. The summed E-state index contributed by atoms with van der Waals surface area (Å²) in [5.74, 6) is 0.856. The maximum absolute atomic E-state index is 13.2. The number of nitrogens with zero attached hydrogens (tertiary/aromatic N) is 1. The molecule has 1 aromatic carbocycles. The van der Waals surface area contributed by atoms with Gasteiger partial charge < -0.3 is 29.0 Å². The largest absolute Gasteiger partial charge is 0.497 e. The average Bonchev–Trinajstić information content (AvgIpc) is 2.93. The molecule has 1 amide bonds. The highest BCUT2D eigenvalue weighted by Crippen LogP contribution is 2.31. The Morgan fingerprint density at radius 1 is 1.36 bits per heavy atom. The number of aliphatic hydroxyl groups excluding tert-OH is 2. The van der Waals surface area contributed by atoms with Crippen molar-refractivity contribution in [1.29, 1.82) is 0 Å². The van der Waals surface area contributed by atoms with Crippen molar-refractivity contribution < 1.29 is 28.9 Å². The summed E-state index contributed by atoms with van der Waals surface area (Å²) in [4.78, 5) is 14.7. The lowest BCUT2D eigenvalue weighted by Gasteiger charge is -2.39. The number of carbonyl (C=O) groups excluding carboxylic acids is 1. The van der Waals surface area contributed by atoms with Crippen LogP contribution < -0.4 is 4.74 Å². The number of hydrogen-bond donors (Lipinski definition) is 2. The lowest BCUT2D eigenvalue weighted by molar-refractivity contribution is -0.125. The Bertz CT molecular complexity index is 770. The van der Waals surface area contributed by atoms with Gasteiger partial charge in [0, 0.05) is 11.9 Å². The Kier molecular flexibility index (Phi) is 4.99. The molecule has 0 spiro atoms. The zero-order chi connectivity index (χ0) is 18.1. The zero-order valence-electron chi connectivity index (χ0n) is 14.6. The second-order valence-corrected chi connectivity index (χ2v) is 6.15. The number of amides is 1. The first-order valence-electron chi connectivity index (χ1n) is 8.29. The van der Waals surface area contributed by atoms with Crippen LogP contribution in [0.1, 0.15) is 23.0 Å². The monoisotopic (exact) mass is 349 g/mol. The number of aryl methyl sites for hydroxylation is 1. The lowest BCUT2D eigenvalue weighted by Crippen LogP contribution is -2.57. The molecule has 25 heavy (non-hydrogen) atoms. The van der Waals surface area contributed by atoms with Crippen LogP contribution in [0.15, 0.2) is 22.6 Å². The summed E-state index contributed by atoms with van der Waals surface area (Å²) in [6.07, 6.45) is -2.06. The van der Waals surface area contributed by atoms with Crippen molar-refractivity contribution in [3.05, 3.63) is 29.5 Å². The highest BCUT2D eigenvalue weighted by atomic mass is 16.5. The summed E-state index contributed by atoms with van der Waals surface area (Å²) in [5, 5.41) is 20.8. The van der Waals surface area contributed by atoms with Crippen molar-refractivity contribution in [2.45, 2.75) is 32.1 Å². The van der Waals surface area contributed by atoms with Gasteiger partial charge in [0.25, 0.3) is 5.91 Å². The molecule has 1 saturated heterocycles. The predicted molar refractivity (Wildman–Crippen MR) is 90.8 cm³/mol. The molecular weight excluding hydrogens is 326 g/mol. The summed E-state index contributed by atoms with van der Waals surface area (Å²) < 4.78 is 16.3. The number of aliphatic hydroxyl groups is 2. The molecule has 7 nitrogen and oxygen atoms in total. The van der Waals surface area contributed by atoms with E-state index in [1.807, 2.05) is 6.92 Å². The van der Waals surface area contributed by atoms with E-state index in [4.69, 9.17) is 13.9 Å². The summed E-state index contributed by atoms with van der Waals surface area (Å²) in [5.41, 5.74) is 1.03. The fourth-order valence-corrected chi connectivity index (χ4v) is 3.30. The molecule has 1 aliphatic heterocycles. The topological polar surface area (TPSA) is 92.4 Å². The van der Waals surface area contributed by atoms with Crippen LogP contribution in [0.25, 0.3) is 11.0 Å². The van der Waals surface area contributed by atoms with Crippen molar-refractivity contribution in [2.24, 2.45) is 0 Å². The van der Waals surface area contributed by atoms with Crippen molar-refractivity contribution in [3.8, 4) is 5.75 Å². The molecule has 0 radical (unpaired) electrons. The van der Waals surface area contributed by atoms with E-state index < -0.39 is 18.2 Å². The average molecular weight is 349 g/mol. The van der Waals surface area contributed by atoms with Crippen molar-refractivity contribution >= 4 is 16.9 Å². The molecule has 1 fully saturated rings. The van der Waals surface area contributed by atoms with E-state index >= 15 is 0 Å². The minimum Gasteiger partial charge on any atom is -0.497 e. The third kappa shape index (κ3) is 3.10. The standard InChI is InChI=1S/C18H23NO6/c1-4-19(13-8-24-9-14(20)17(13)21)18(22)16-10(2)25-15-6-5-11(23-3)7-12(15)16/h5-7,13-14,17,20-21H,4,8-9H2,1-3H3/t13-,14-,17+/m1/s1. The van der Waals surface area contributed by atoms with Crippen molar-refractivity contribution in [3.63, 3.8) is 0 Å². The van der Waals surface area contributed by atoms with Gasteiger partial charge in [-0.05, 0) is 32.0 Å². The molecule has 3 rings (SSSR count). The van der Waals surface area contributed by atoms with Gasteiger partial charge in [-0.2, -0.15) is 0 Å². The summed E-state index contributed by atoms with van der Waals surface area (Å²) >= 11 is 0. The molecule has 0 unspecified atom stereocenters. The molecule has 136 valence electrons. The number of rotatable bonds is 4. The van der Waals surface area contributed by atoms with Gasteiger partial charge in [0.05, 0.1) is 31.9 Å². The van der Waals surface area contributed by atoms with E-state index in [2.05, 4.69) is 0 Å². The molecule has 0 bridgehead atoms. The van der Waals surface area contributed by atoms with Crippen LogP contribution in [0.4, 0.5) is 0 Å². The van der Waals surface area contributed by atoms with E-state index in [1.54, 1.807) is 32.2 Å². The van der Waals surface area contributed by atoms with Gasteiger partial charge in [-0.1, -0.05) is 0 Å². The number of furan rings is 1. The molecule has 0 aliphatic carbocycles. The van der Waals surface area contributed by atoms with Crippen LogP contribution in [-0.2, 0) is 4.74 Å². The first-order chi connectivity index (χ1) is 12.0. The quantitative estimate of drug-likeness (QED) is 0.865. The van der Waals surface area contributed by atoms with Gasteiger partial charge >= 0.3 is 0 Å². The smallest absolute Gasteiger partial charge is 0.258 e. The molecular formula is C18H23NO6. The van der Waals surface area contributed by atoms with Crippen LogP contribution in [-0.4, -0.2) is 66.1 Å². The Balaban J connectivity index is 2.01. The molecule has 1 aromatic heterocycles. The van der Waals surface area contributed by atoms with Gasteiger partial charge in [-0.15, -0.1) is 0 Å². The lowest BCUT2D eigenvalue weighted by atomic mass is 10.0. The fourth-order valence-electron chi connectivity index (χ4n) is 3.30. The predicted octanol–water partition coefficient (Wildman–Crippen LogP) is 1.33. The number of carbonyl (C=O) groups is 1. The molecule has 0 saturated carbocycles. The Morgan fingerprint density at radius 2 is 2.12 bits per heavy atom. The van der Waals surface area contributed by atoms with Gasteiger partial charge in [0.15, 0.2) is 0 Å². The first kappa shape index (κ1) is 17.7. The third-order valence-corrected chi connectivity index (χ3v) is 4.65. The van der Waals surface area contributed by atoms with Crippen LogP contribution in [0.5, 0.6) is 5.75 Å². The van der Waals surface area contributed by atoms with Gasteiger partial charge in [0.1, 0.15) is 29.3 Å². The van der Waals surface area contributed by atoms with E-state index in [0.717, 1.165) is 0 Å². The van der Waals surface area contributed by atoms with Crippen molar-refractivity contribution in [1.82, 2.24) is 4.90 Å². The fraction of sp³-hybridized carbons (Fsp3) is 0.500. The number of hydrogen-bond acceptors (Lipinski definition) is 6. The number of fused-ring (bicyclic) bond motifs is 1. The minimum absolute atomic E-state index is 0.0638. The Morgan fingerprint density at radius 3 is 2.80 bits per heavy atom. The molecule has 1 aliphatic rings. The molecule has 2 aromatic rings. The summed E-state index contributed by atoms with van der Waals surface area (Å²) in [6, 6.07) is 4.68. The van der Waals surface area contributed by atoms with E-state index in [9.17, 15) is 15.0 Å². The molecule has 2 N–H and O–H groups in total. The van der Waals surface area contributed by atoms with Crippen molar-refractivity contribution in [2.75, 3.05) is 26.9 Å². The molecule has 2 heterocycles. The maximum Gasteiger partial charge on any atom is 0.258 e. The third-order valence-electron chi connectivity index (χ3n) is 4.65. The van der Waals surface area contributed by atoms with E-state index in [1.165, 1.54) is 4.90 Å². The van der Waals surface area contributed by atoms with Gasteiger partial charge in [0.2, 0.25) is 0 Å². The van der Waals surface area contributed by atoms with Crippen LogP contribution in [0.3, 0.4) is 0 Å². The second kappa shape index (κ2) is 7.03. The normalized spacial score (nSPS) is 23.6. The van der Waals surface area contributed by atoms with Crippen LogP contribution in [0, 0.1) is 6.92 Å². The van der Waals surface area contributed by atoms with Crippen LogP contribution >= 0.6 is 0 Å². The highest BCUT2D eigenvalue weighted by molar-refractivity contribution is 6.07. The molecule has 7 heteroatoms. The Hall–Kier alpha value is -2.09. The summed E-state index contributed by atoms with van der Waals surface area (Å²) in [7, 11) is 1.56. The van der Waals surface area contributed by atoms with E-state index in [-0.39, 0.29) is 19.1 Å². The highest BCUT2D eigenvalue weighted by Gasteiger charge is 2.38. The molecule has 3 atom stereocenters. The number of likely N-dealkylation sites (N-methyl/N-ethyl adjacent to an activating group) is 1. The number of ether oxygens (including phenoxy) is 2. The minimum atomic E-state index is -1.05. The van der Waals surface area contributed by atoms with Gasteiger partial charge in [-0.25, -0.2) is 0 Å². The zero-order valence-corrected chi connectivity index (χ0v) is 14.6.